The normalized spacial score (nSPS) is 16.9. The molecule has 3 rings (SSSR count). The van der Waals surface area contributed by atoms with Gasteiger partial charge in [0.05, 0.1) is 17.6 Å². The molecule has 2 heterocycles. The van der Waals surface area contributed by atoms with E-state index in [-0.39, 0.29) is 5.78 Å². The molecule has 1 aliphatic heterocycles. The molecule has 1 aliphatic rings. The number of Topliss-reactive ketones (excluding diaryl/α,β-unsaturated/α-hetero) is 1. The predicted molar refractivity (Wildman–Crippen MR) is 74.5 cm³/mol. The molecule has 0 saturated carbocycles. The van der Waals surface area contributed by atoms with Crippen LogP contribution in [-0.2, 0) is 0 Å². The summed E-state index contributed by atoms with van der Waals surface area (Å²) in [5, 5.41) is 3.29. The second-order valence-electron chi connectivity index (χ2n) is 5.00. The Labute approximate surface area is 112 Å². The summed E-state index contributed by atoms with van der Waals surface area (Å²) in [5.41, 5.74) is 2.61. The maximum atomic E-state index is 12.3. The van der Waals surface area contributed by atoms with E-state index < -0.39 is 0 Å². The van der Waals surface area contributed by atoms with E-state index in [9.17, 15) is 4.79 Å². The number of H-pyrrole nitrogens is 1. The van der Waals surface area contributed by atoms with Crippen LogP contribution in [0.2, 0.25) is 0 Å². The summed E-state index contributed by atoms with van der Waals surface area (Å²) >= 11 is 0. The molecule has 0 aliphatic carbocycles. The topological polar surface area (TPSA) is 61.0 Å². The van der Waals surface area contributed by atoms with E-state index in [1.54, 1.807) is 0 Å². The van der Waals surface area contributed by atoms with Crippen molar-refractivity contribution < 1.29 is 4.79 Å². The summed E-state index contributed by atoms with van der Waals surface area (Å²) in [4.78, 5) is 22.0. The van der Waals surface area contributed by atoms with Crippen LogP contribution < -0.4 is 5.32 Å². The van der Waals surface area contributed by atoms with Crippen molar-refractivity contribution >= 4 is 16.8 Å². The lowest BCUT2D eigenvalue weighted by molar-refractivity contribution is 0.0921. The Morgan fingerprint density at radius 2 is 2.16 bits per heavy atom. The highest BCUT2D eigenvalue weighted by Gasteiger charge is 2.15. The van der Waals surface area contributed by atoms with Crippen molar-refractivity contribution in [2.45, 2.75) is 6.92 Å². The second kappa shape index (κ2) is 5.11. The predicted octanol–water partition coefficient (Wildman–Crippen LogP) is 0.959. The Kier molecular flexibility index (Phi) is 3.31. The minimum absolute atomic E-state index is 0.177. The van der Waals surface area contributed by atoms with E-state index in [0.29, 0.717) is 6.54 Å². The lowest BCUT2D eigenvalue weighted by Crippen LogP contribution is -2.45. The van der Waals surface area contributed by atoms with Crippen LogP contribution in [0, 0.1) is 6.92 Å². The van der Waals surface area contributed by atoms with E-state index in [1.807, 2.05) is 25.1 Å². The maximum absolute atomic E-state index is 12.3. The zero-order valence-corrected chi connectivity index (χ0v) is 11.1. The van der Waals surface area contributed by atoms with E-state index in [2.05, 4.69) is 20.2 Å². The van der Waals surface area contributed by atoms with Crippen LogP contribution in [0.5, 0.6) is 0 Å². The molecule has 0 atom stereocenters. The molecule has 1 fully saturated rings. The monoisotopic (exact) mass is 258 g/mol. The van der Waals surface area contributed by atoms with E-state index >= 15 is 0 Å². The molecule has 0 spiro atoms. The van der Waals surface area contributed by atoms with Crippen LogP contribution in [0.3, 0.4) is 0 Å². The highest BCUT2D eigenvalue weighted by atomic mass is 16.1. The van der Waals surface area contributed by atoms with Gasteiger partial charge in [0.25, 0.3) is 0 Å². The van der Waals surface area contributed by atoms with Crippen LogP contribution in [0.15, 0.2) is 18.2 Å². The van der Waals surface area contributed by atoms with Crippen LogP contribution in [-0.4, -0.2) is 53.4 Å². The zero-order valence-electron chi connectivity index (χ0n) is 11.1. The van der Waals surface area contributed by atoms with E-state index in [0.717, 1.165) is 48.6 Å². The van der Waals surface area contributed by atoms with Crippen molar-refractivity contribution in [3.8, 4) is 0 Å². The molecule has 2 N–H and O–H groups in total. The van der Waals surface area contributed by atoms with Gasteiger partial charge in [0, 0.05) is 31.7 Å². The number of aryl methyl sites for hydroxylation is 1. The molecule has 1 aromatic heterocycles. The summed E-state index contributed by atoms with van der Waals surface area (Å²) in [5.74, 6) is 1.05. The van der Waals surface area contributed by atoms with Gasteiger partial charge in [-0.15, -0.1) is 0 Å². The van der Waals surface area contributed by atoms with Gasteiger partial charge in [-0.1, -0.05) is 0 Å². The first-order valence-corrected chi connectivity index (χ1v) is 6.65. The lowest BCUT2D eigenvalue weighted by atomic mass is 10.1. The molecule has 100 valence electrons. The number of aromatic amines is 1. The van der Waals surface area contributed by atoms with Crippen LogP contribution in [0.25, 0.3) is 11.0 Å². The number of piperazine rings is 1. The molecule has 1 aromatic carbocycles. The summed E-state index contributed by atoms with van der Waals surface area (Å²) in [6, 6.07) is 5.68. The van der Waals surface area contributed by atoms with Gasteiger partial charge in [-0.3, -0.25) is 9.69 Å². The molecule has 2 aromatic rings. The minimum atomic E-state index is 0.177. The van der Waals surface area contributed by atoms with Crippen molar-refractivity contribution in [1.82, 2.24) is 20.2 Å². The third kappa shape index (κ3) is 2.67. The fourth-order valence-electron chi connectivity index (χ4n) is 2.47. The molecular formula is C14H18N4O. The molecule has 0 bridgehead atoms. The number of rotatable bonds is 3. The van der Waals surface area contributed by atoms with Gasteiger partial charge in [-0.2, -0.15) is 0 Å². The first kappa shape index (κ1) is 12.3. The number of carbonyl (C=O) groups is 1. The summed E-state index contributed by atoms with van der Waals surface area (Å²) in [6.07, 6.45) is 0. The van der Waals surface area contributed by atoms with Crippen LogP contribution in [0.4, 0.5) is 0 Å². The van der Waals surface area contributed by atoms with Gasteiger partial charge in [0.1, 0.15) is 5.82 Å². The Bertz CT molecular complexity index is 599. The number of hydrogen-bond acceptors (Lipinski definition) is 4. The third-order valence-electron chi connectivity index (χ3n) is 3.50. The number of hydrogen-bond donors (Lipinski definition) is 2. The van der Waals surface area contributed by atoms with E-state index in [4.69, 9.17) is 0 Å². The Balaban J connectivity index is 1.76. The Morgan fingerprint density at radius 1 is 1.37 bits per heavy atom. The number of aromatic nitrogens is 2. The number of ketones is 1. The molecule has 19 heavy (non-hydrogen) atoms. The highest BCUT2D eigenvalue weighted by molar-refractivity contribution is 6.00. The first-order valence-electron chi connectivity index (χ1n) is 6.65. The van der Waals surface area contributed by atoms with Crippen LogP contribution in [0.1, 0.15) is 16.2 Å². The lowest BCUT2D eigenvalue weighted by Gasteiger charge is -2.26. The molecule has 5 nitrogen and oxygen atoms in total. The first-order chi connectivity index (χ1) is 9.22. The highest BCUT2D eigenvalue weighted by Crippen LogP contribution is 2.14. The fourth-order valence-corrected chi connectivity index (χ4v) is 2.47. The molecule has 0 unspecified atom stereocenters. The van der Waals surface area contributed by atoms with Gasteiger partial charge >= 0.3 is 0 Å². The van der Waals surface area contributed by atoms with Gasteiger partial charge in [-0.25, -0.2) is 4.98 Å². The molecule has 0 amide bonds. The quantitative estimate of drug-likeness (QED) is 0.805. The number of carbonyl (C=O) groups excluding carboxylic acids is 1. The Hall–Kier alpha value is -1.72. The number of imidazole rings is 1. The zero-order chi connectivity index (χ0) is 13.2. The van der Waals surface area contributed by atoms with Gasteiger partial charge in [-0.05, 0) is 25.1 Å². The molecule has 5 heteroatoms. The number of nitrogens with one attached hydrogen (secondary N) is 2. The SMILES string of the molecule is Cc1nc2ccc(C(=O)CN3CCNCC3)cc2[nH]1. The molecule has 0 radical (unpaired) electrons. The largest absolute Gasteiger partial charge is 0.342 e. The minimum Gasteiger partial charge on any atom is -0.342 e. The van der Waals surface area contributed by atoms with Crippen molar-refractivity contribution in [2.75, 3.05) is 32.7 Å². The van der Waals surface area contributed by atoms with Crippen molar-refractivity contribution in [3.05, 3.63) is 29.6 Å². The number of benzene rings is 1. The standard InChI is InChI=1S/C14H18N4O/c1-10-16-12-3-2-11(8-13(12)17-10)14(19)9-18-6-4-15-5-7-18/h2-3,8,15H,4-7,9H2,1H3,(H,16,17). The number of nitrogens with zero attached hydrogens (tertiary/aromatic N) is 2. The Morgan fingerprint density at radius 3 is 2.95 bits per heavy atom. The number of fused-ring (bicyclic) bond motifs is 1. The van der Waals surface area contributed by atoms with Crippen molar-refractivity contribution in [2.24, 2.45) is 0 Å². The smallest absolute Gasteiger partial charge is 0.176 e. The average Bonchev–Trinajstić information content (AvgIpc) is 2.78. The summed E-state index contributed by atoms with van der Waals surface area (Å²) < 4.78 is 0. The fraction of sp³-hybridized carbons (Fsp3) is 0.429. The van der Waals surface area contributed by atoms with Gasteiger partial charge in [0.2, 0.25) is 0 Å². The van der Waals surface area contributed by atoms with E-state index in [1.165, 1.54) is 0 Å². The average molecular weight is 258 g/mol. The molecule has 1 saturated heterocycles. The van der Waals surface area contributed by atoms with Crippen molar-refractivity contribution in [3.63, 3.8) is 0 Å². The van der Waals surface area contributed by atoms with Crippen LogP contribution >= 0.6 is 0 Å². The van der Waals surface area contributed by atoms with Gasteiger partial charge in [0.15, 0.2) is 5.78 Å². The third-order valence-corrected chi connectivity index (χ3v) is 3.50. The summed E-state index contributed by atoms with van der Waals surface area (Å²) in [6.45, 7) is 6.23. The maximum Gasteiger partial charge on any atom is 0.176 e. The molecular weight excluding hydrogens is 240 g/mol. The summed E-state index contributed by atoms with van der Waals surface area (Å²) in [7, 11) is 0. The van der Waals surface area contributed by atoms with Gasteiger partial charge < -0.3 is 10.3 Å². The second-order valence-corrected chi connectivity index (χ2v) is 5.00. The van der Waals surface area contributed by atoms with Crippen molar-refractivity contribution in [1.29, 1.82) is 0 Å².